The van der Waals surface area contributed by atoms with Crippen molar-refractivity contribution in [3.63, 3.8) is 0 Å². The Morgan fingerprint density at radius 3 is 2.39 bits per heavy atom. The number of aromatic nitrogens is 5. The van der Waals surface area contributed by atoms with E-state index >= 15 is 0 Å². The molecule has 0 aromatic carbocycles. The molecule has 1 saturated heterocycles. The molecular formula is C26H40N8O2. The molecule has 1 amide bonds. The van der Waals surface area contributed by atoms with Crippen LogP contribution in [0.3, 0.4) is 0 Å². The first-order valence-electron chi connectivity index (χ1n) is 13.5. The highest BCUT2D eigenvalue weighted by molar-refractivity contribution is 5.71. The molecule has 3 fully saturated rings. The number of rotatable bonds is 6. The Morgan fingerprint density at radius 2 is 1.78 bits per heavy atom. The minimum atomic E-state index is -0.903. The lowest BCUT2D eigenvalue weighted by Crippen LogP contribution is -2.27. The van der Waals surface area contributed by atoms with Gasteiger partial charge in [-0.25, -0.2) is 14.3 Å². The summed E-state index contributed by atoms with van der Waals surface area (Å²) in [6, 6.07) is 3.84. The number of aromatic amines is 1. The number of nitrogens with one attached hydrogen (secondary N) is 4. The summed E-state index contributed by atoms with van der Waals surface area (Å²) in [4.78, 5) is 14.8. The summed E-state index contributed by atoms with van der Waals surface area (Å²) in [5.74, 6) is 2.93. The van der Waals surface area contributed by atoms with Crippen molar-refractivity contribution >= 4 is 23.2 Å². The van der Waals surface area contributed by atoms with Gasteiger partial charge in [-0.2, -0.15) is 10.2 Å². The Morgan fingerprint density at radius 1 is 1.03 bits per heavy atom. The van der Waals surface area contributed by atoms with Crippen LogP contribution in [0.1, 0.15) is 82.2 Å². The van der Waals surface area contributed by atoms with Gasteiger partial charge in [0.25, 0.3) is 0 Å². The molecule has 3 aliphatic rings. The first kappa shape index (κ1) is 25.9. The Bertz CT molecular complexity index is 1030. The fourth-order valence-corrected chi connectivity index (χ4v) is 4.85. The Kier molecular flexibility index (Phi) is 9.96. The fraction of sp³-hybridized carbons (Fsp3) is 0.615. The van der Waals surface area contributed by atoms with Crippen molar-refractivity contribution in [1.29, 1.82) is 0 Å². The Balaban J connectivity index is 0.000000167. The monoisotopic (exact) mass is 496 g/mol. The standard InChI is InChI=1S/C14H17N7.C7H13NO2.C5H10/c1-5-15-6-2-10(1)11-9-21-12(3-8-17-21)14(18-11)19-13-4-7-16-20-13;9-7(10)8-5-4-6-2-1-3-6;1-2-4-5-3-1/h3-4,7-10,15H,1-2,5-6H2,(H2,16,18,19,20);6,8H,1-5H2,(H,9,10);1-5H2. The number of nitrogens with zero attached hydrogens (tertiary/aromatic N) is 4. The smallest absolute Gasteiger partial charge is 0.404 e. The molecule has 3 aromatic heterocycles. The molecule has 0 radical (unpaired) electrons. The second kappa shape index (κ2) is 13.8. The van der Waals surface area contributed by atoms with E-state index in [0.717, 1.165) is 61.1 Å². The van der Waals surface area contributed by atoms with Crippen molar-refractivity contribution in [2.45, 2.75) is 76.5 Å². The molecule has 2 saturated carbocycles. The zero-order valence-corrected chi connectivity index (χ0v) is 21.1. The van der Waals surface area contributed by atoms with Crippen LogP contribution in [0.2, 0.25) is 0 Å². The number of amides is 1. The van der Waals surface area contributed by atoms with Gasteiger partial charge in [-0.1, -0.05) is 51.4 Å². The number of hydrogen-bond acceptors (Lipinski definition) is 6. The first-order valence-corrected chi connectivity index (χ1v) is 13.5. The summed E-state index contributed by atoms with van der Waals surface area (Å²) in [6.07, 6.45) is 19.3. The molecule has 2 aliphatic carbocycles. The lowest BCUT2D eigenvalue weighted by Gasteiger charge is -2.24. The summed E-state index contributed by atoms with van der Waals surface area (Å²) in [7, 11) is 0. The van der Waals surface area contributed by atoms with Crippen molar-refractivity contribution in [1.82, 2.24) is 35.4 Å². The van der Waals surface area contributed by atoms with Crippen molar-refractivity contribution in [3.05, 3.63) is 36.4 Å². The van der Waals surface area contributed by atoms with E-state index < -0.39 is 6.09 Å². The maximum atomic E-state index is 9.98. The number of carbonyl (C=O) groups is 1. The van der Waals surface area contributed by atoms with E-state index in [0.29, 0.717) is 12.5 Å². The lowest BCUT2D eigenvalue weighted by atomic mass is 9.83. The number of hydrogen-bond donors (Lipinski definition) is 5. The number of anilines is 2. The number of fused-ring (bicyclic) bond motifs is 1. The number of piperidine rings is 1. The highest BCUT2D eigenvalue weighted by Gasteiger charge is 2.19. The van der Waals surface area contributed by atoms with Gasteiger partial charge in [0.05, 0.1) is 24.3 Å². The van der Waals surface area contributed by atoms with Crippen LogP contribution in [-0.2, 0) is 0 Å². The van der Waals surface area contributed by atoms with E-state index in [2.05, 4.69) is 31.2 Å². The van der Waals surface area contributed by atoms with Gasteiger partial charge in [0.15, 0.2) is 5.82 Å². The van der Waals surface area contributed by atoms with Crippen LogP contribution in [0.15, 0.2) is 30.7 Å². The van der Waals surface area contributed by atoms with Gasteiger partial charge in [-0.05, 0) is 44.3 Å². The molecule has 10 heteroatoms. The van der Waals surface area contributed by atoms with Crippen LogP contribution in [0.4, 0.5) is 16.4 Å². The second-order valence-electron chi connectivity index (χ2n) is 9.88. The minimum Gasteiger partial charge on any atom is -0.465 e. The SMILES string of the molecule is C1CCCC1.O=C(O)NCCC1CCC1.c1cc(Nc2nc(C3CCNCC3)cn3nccc23)[nH]n1. The zero-order valence-electron chi connectivity index (χ0n) is 21.1. The van der Waals surface area contributed by atoms with Crippen molar-refractivity contribution in [3.8, 4) is 0 Å². The lowest BCUT2D eigenvalue weighted by molar-refractivity contribution is 0.192. The minimum absolute atomic E-state index is 0.488. The molecule has 3 aromatic rings. The van der Waals surface area contributed by atoms with Crippen molar-refractivity contribution < 1.29 is 9.90 Å². The number of carboxylic acid groups (broad SMARTS) is 1. The molecule has 10 nitrogen and oxygen atoms in total. The van der Waals surface area contributed by atoms with Gasteiger partial charge in [-0.15, -0.1) is 0 Å². The summed E-state index contributed by atoms with van der Waals surface area (Å²) in [6.45, 7) is 2.72. The van der Waals surface area contributed by atoms with Gasteiger partial charge in [0.1, 0.15) is 11.3 Å². The summed E-state index contributed by atoms with van der Waals surface area (Å²) in [5.41, 5.74) is 2.05. The van der Waals surface area contributed by atoms with Crippen molar-refractivity contribution in [2.75, 3.05) is 25.0 Å². The van der Waals surface area contributed by atoms with E-state index in [-0.39, 0.29) is 0 Å². The van der Waals surface area contributed by atoms with Gasteiger partial charge in [0, 0.05) is 18.5 Å². The number of H-pyrrole nitrogens is 1. The normalized spacial score (nSPS) is 17.9. The maximum Gasteiger partial charge on any atom is 0.404 e. The highest BCUT2D eigenvalue weighted by Crippen LogP contribution is 2.29. The summed E-state index contributed by atoms with van der Waals surface area (Å²) >= 11 is 0. The summed E-state index contributed by atoms with van der Waals surface area (Å²) in [5, 5.41) is 28.5. The largest absolute Gasteiger partial charge is 0.465 e. The third-order valence-corrected chi connectivity index (χ3v) is 7.22. The molecule has 6 rings (SSSR count). The third kappa shape index (κ3) is 7.94. The van der Waals surface area contributed by atoms with Crippen molar-refractivity contribution in [2.24, 2.45) is 5.92 Å². The molecule has 196 valence electrons. The van der Waals surface area contributed by atoms with E-state index in [9.17, 15) is 4.79 Å². The molecular weight excluding hydrogens is 456 g/mol. The predicted octanol–water partition coefficient (Wildman–Crippen LogP) is 5.06. The van der Waals surface area contributed by atoms with Crippen LogP contribution in [0.25, 0.3) is 5.52 Å². The van der Waals surface area contributed by atoms with Gasteiger partial charge in [-0.3, -0.25) is 5.10 Å². The van der Waals surface area contributed by atoms with E-state index in [1.807, 2.05) is 22.8 Å². The van der Waals surface area contributed by atoms with E-state index in [4.69, 9.17) is 10.1 Å². The molecule has 0 unspecified atom stereocenters. The van der Waals surface area contributed by atoms with E-state index in [1.165, 1.54) is 51.4 Å². The van der Waals surface area contributed by atoms with Crippen LogP contribution < -0.4 is 16.0 Å². The van der Waals surface area contributed by atoms with E-state index in [1.54, 1.807) is 12.4 Å². The average molecular weight is 497 g/mol. The molecule has 5 N–H and O–H groups in total. The topological polar surface area (TPSA) is 132 Å². The molecule has 0 bridgehead atoms. The fourth-order valence-electron chi connectivity index (χ4n) is 4.85. The van der Waals surface area contributed by atoms with Gasteiger partial charge in [0.2, 0.25) is 0 Å². The maximum absolute atomic E-state index is 9.98. The van der Waals surface area contributed by atoms with Crippen LogP contribution in [0.5, 0.6) is 0 Å². The first-order chi connectivity index (χ1) is 17.7. The zero-order chi connectivity index (χ0) is 25.0. The Hall–Kier alpha value is -3.14. The van der Waals surface area contributed by atoms with Crippen LogP contribution >= 0.6 is 0 Å². The molecule has 1 aliphatic heterocycles. The van der Waals surface area contributed by atoms with Crippen LogP contribution in [0, 0.1) is 5.92 Å². The average Bonchev–Trinajstić information content (AvgIpc) is 3.66. The van der Waals surface area contributed by atoms with Crippen LogP contribution in [-0.4, -0.2) is 55.6 Å². The quantitative estimate of drug-likeness (QED) is 0.322. The predicted molar refractivity (Wildman–Crippen MR) is 141 cm³/mol. The second-order valence-corrected chi connectivity index (χ2v) is 9.88. The van der Waals surface area contributed by atoms with Gasteiger partial charge >= 0.3 is 6.09 Å². The molecule has 0 atom stereocenters. The van der Waals surface area contributed by atoms with Gasteiger partial charge < -0.3 is 21.1 Å². The highest BCUT2D eigenvalue weighted by atomic mass is 16.4. The Labute approximate surface area is 212 Å². The third-order valence-electron chi connectivity index (χ3n) is 7.22. The molecule has 4 heterocycles. The summed E-state index contributed by atoms with van der Waals surface area (Å²) < 4.78 is 1.89. The molecule has 36 heavy (non-hydrogen) atoms. The molecule has 0 spiro atoms.